The van der Waals surface area contributed by atoms with Crippen LogP contribution in [0.15, 0.2) is 0 Å². The van der Waals surface area contributed by atoms with Gasteiger partial charge in [-0.2, -0.15) is 0 Å². The van der Waals surface area contributed by atoms with E-state index in [1.54, 1.807) is 0 Å². The van der Waals surface area contributed by atoms with E-state index in [0.717, 1.165) is 18.0 Å². The van der Waals surface area contributed by atoms with Gasteiger partial charge in [-0.05, 0) is 18.3 Å². The summed E-state index contributed by atoms with van der Waals surface area (Å²) in [4.78, 5) is 29.7. The number of aliphatic carboxylic acids is 1. The van der Waals surface area contributed by atoms with Crippen LogP contribution < -0.4 is 5.32 Å². The van der Waals surface area contributed by atoms with Crippen LogP contribution in [-0.2, 0) is 22.6 Å². The number of anilines is 1. The van der Waals surface area contributed by atoms with Crippen LogP contribution in [0.1, 0.15) is 37.8 Å². The molecule has 0 radical (unpaired) electrons. The van der Waals surface area contributed by atoms with Crippen molar-refractivity contribution in [2.24, 2.45) is 11.8 Å². The second-order valence-corrected chi connectivity index (χ2v) is 7.36. The molecule has 2 rings (SSSR count). The van der Waals surface area contributed by atoms with Gasteiger partial charge in [-0.3, -0.25) is 14.5 Å². The zero-order valence-corrected chi connectivity index (χ0v) is 14.1. The summed E-state index contributed by atoms with van der Waals surface area (Å²) in [5.41, 5.74) is 0.562. The van der Waals surface area contributed by atoms with Gasteiger partial charge in [0, 0.05) is 31.4 Å². The molecular weight excluding hydrogens is 302 g/mol. The number of carboxylic acid groups (broad SMARTS) is 1. The average molecular weight is 325 g/mol. The third-order valence-electron chi connectivity index (χ3n) is 3.69. The number of carbonyl (C=O) groups is 2. The molecule has 1 aromatic heterocycles. The molecule has 0 aromatic carbocycles. The summed E-state index contributed by atoms with van der Waals surface area (Å²) < 4.78 is 0. The molecule has 2 atom stereocenters. The lowest BCUT2D eigenvalue weighted by Gasteiger charge is -2.34. The van der Waals surface area contributed by atoms with Crippen molar-refractivity contribution in [1.82, 2.24) is 9.88 Å². The summed E-state index contributed by atoms with van der Waals surface area (Å²) in [6, 6.07) is 0. The van der Waals surface area contributed by atoms with Crippen molar-refractivity contribution in [3.05, 3.63) is 10.6 Å². The first kappa shape index (κ1) is 16.9. The monoisotopic (exact) mass is 325 g/mol. The Kier molecular flexibility index (Phi) is 5.52. The Balaban J connectivity index is 2.14. The minimum absolute atomic E-state index is 0.107. The number of likely N-dealkylation sites (tertiary alicyclic amines) is 1. The predicted octanol–water partition coefficient (Wildman–Crippen LogP) is 2.21. The normalized spacial score (nSPS) is 22.5. The van der Waals surface area contributed by atoms with E-state index in [2.05, 4.69) is 29.0 Å². The van der Waals surface area contributed by atoms with Gasteiger partial charge in [0.15, 0.2) is 5.13 Å². The molecule has 0 saturated carbocycles. The first-order valence-corrected chi connectivity index (χ1v) is 8.35. The molecule has 2 N–H and O–H groups in total. The van der Waals surface area contributed by atoms with Crippen LogP contribution in [0.2, 0.25) is 0 Å². The second kappa shape index (κ2) is 7.19. The van der Waals surface area contributed by atoms with E-state index >= 15 is 0 Å². The lowest BCUT2D eigenvalue weighted by Crippen LogP contribution is -2.38. The number of nitrogens with zero attached hydrogens (tertiary/aromatic N) is 2. The Labute approximate surface area is 134 Å². The van der Waals surface area contributed by atoms with Gasteiger partial charge in [-0.25, -0.2) is 4.98 Å². The summed E-state index contributed by atoms with van der Waals surface area (Å²) in [5, 5.41) is 12.2. The van der Waals surface area contributed by atoms with Gasteiger partial charge in [-0.1, -0.05) is 13.8 Å². The molecule has 1 saturated heterocycles. The summed E-state index contributed by atoms with van der Waals surface area (Å²) in [5.74, 6) is 0.201. The Morgan fingerprint density at radius 3 is 2.55 bits per heavy atom. The highest BCUT2D eigenvalue weighted by atomic mass is 32.1. The summed E-state index contributed by atoms with van der Waals surface area (Å²) >= 11 is 1.38. The average Bonchev–Trinajstić information content (AvgIpc) is 2.67. The summed E-state index contributed by atoms with van der Waals surface area (Å²) in [7, 11) is 0. The fraction of sp³-hybridized carbons (Fsp3) is 0.667. The van der Waals surface area contributed by atoms with Crippen molar-refractivity contribution in [3.8, 4) is 0 Å². The zero-order valence-electron chi connectivity index (χ0n) is 13.3. The molecule has 0 spiro atoms. The van der Waals surface area contributed by atoms with Gasteiger partial charge < -0.3 is 10.4 Å². The first-order chi connectivity index (χ1) is 10.3. The second-order valence-electron chi connectivity index (χ2n) is 6.28. The number of rotatable bonds is 5. The lowest BCUT2D eigenvalue weighted by atomic mass is 9.92. The molecule has 1 fully saturated rings. The lowest BCUT2D eigenvalue weighted by molar-refractivity contribution is -0.136. The van der Waals surface area contributed by atoms with Gasteiger partial charge in [0.2, 0.25) is 5.91 Å². The van der Waals surface area contributed by atoms with Crippen molar-refractivity contribution >= 4 is 28.3 Å². The van der Waals surface area contributed by atoms with E-state index < -0.39 is 5.97 Å². The van der Waals surface area contributed by atoms with E-state index in [4.69, 9.17) is 5.11 Å². The number of piperidine rings is 1. The van der Waals surface area contributed by atoms with Crippen LogP contribution in [0.3, 0.4) is 0 Å². The largest absolute Gasteiger partial charge is 0.481 e. The summed E-state index contributed by atoms with van der Waals surface area (Å²) in [6.07, 6.45) is 1.13. The van der Waals surface area contributed by atoms with Crippen LogP contribution in [0.5, 0.6) is 0 Å². The molecular formula is C15H23N3O3S. The van der Waals surface area contributed by atoms with E-state index in [1.807, 2.05) is 0 Å². The first-order valence-electron chi connectivity index (χ1n) is 7.53. The van der Waals surface area contributed by atoms with Crippen molar-refractivity contribution in [1.29, 1.82) is 0 Å². The van der Waals surface area contributed by atoms with E-state index in [-0.39, 0.29) is 12.3 Å². The molecule has 2 heterocycles. The van der Waals surface area contributed by atoms with Crippen LogP contribution in [0.4, 0.5) is 5.13 Å². The molecule has 6 nitrogen and oxygen atoms in total. The fourth-order valence-corrected chi connectivity index (χ4v) is 4.18. The van der Waals surface area contributed by atoms with Crippen molar-refractivity contribution in [3.63, 3.8) is 0 Å². The van der Waals surface area contributed by atoms with Crippen molar-refractivity contribution < 1.29 is 14.7 Å². The quantitative estimate of drug-likeness (QED) is 0.867. The van der Waals surface area contributed by atoms with Crippen molar-refractivity contribution in [2.75, 3.05) is 18.4 Å². The third kappa shape index (κ3) is 4.78. The molecule has 122 valence electrons. The van der Waals surface area contributed by atoms with E-state index in [0.29, 0.717) is 29.2 Å². The molecule has 7 heteroatoms. The van der Waals surface area contributed by atoms with Gasteiger partial charge in [0.05, 0.1) is 12.1 Å². The molecule has 1 aliphatic rings. The number of hydrogen-bond donors (Lipinski definition) is 2. The highest BCUT2D eigenvalue weighted by Gasteiger charge is 2.24. The maximum atomic E-state index is 11.2. The maximum Gasteiger partial charge on any atom is 0.309 e. The SMILES string of the molecule is CC(=O)Nc1nc(CC(=O)O)c(CN2CC(C)CC(C)C2)s1. The Bertz CT molecular complexity index is 548. The van der Waals surface area contributed by atoms with Crippen LogP contribution >= 0.6 is 11.3 Å². The smallest absolute Gasteiger partial charge is 0.309 e. The minimum atomic E-state index is -0.902. The Hall–Kier alpha value is -1.47. The number of thiazole rings is 1. The molecule has 1 aliphatic heterocycles. The molecule has 1 aromatic rings. The van der Waals surface area contributed by atoms with E-state index in [1.165, 1.54) is 24.7 Å². The highest BCUT2D eigenvalue weighted by molar-refractivity contribution is 7.15. The van der Waals surface area contributed by atoms with Gasteiger partial charge in [0.25, 0.3) is 0 Å². The number of amides is 1. The van der Waals surface area contributed by atoms with Gasteiger partial charge in [0.1, 0.15) is 0 Å². The van der Waals surface area contributed by atoms with Gasteiger partial charge >= 0.3 is 5.97 Å². The van der Waals surface area contributed by atoms with Crippen LogP contribution in [0.25, 0.3) is 0 Å². The molecule has 22 heavy (non-hydrogen) atoms. The molecule has 2 unspecified atom stereocenters. The zero-order chi connectivity index (χ0) is 16.3. The van der Waals surface area contributed by atoms with Crippen LogP contribution in [0, 0.1) is 11.8 Å². The number of aromatic nitrogens is 1. The Morgan fingerprint density at radius 1 is 1.36 bits per heavy atom. The standard InChI is InChI=1S/C15H23N3O3S/c1-9-4-10(2)7-18(6-9)8-13-12(5-14(20)21)17-15(22-13)16-11(3)19/h9-10H,4-8H2,1-3H3,(H,20,21)(H,16,17,19). The third-order valence-corrected chi connectivity index (χ3v) is 4.69. The predicted molar refractivity (Wildman–Crippen MR) is 86.0 cm³/mol. The molecule has 1 amide bonds. The number of carbonyl (C=O) groups excluding carboxylic acids is 1. The van der Waals surface area contributed by atoms with E-state index in [9.17, 15) is 9.59 Å². The topological polar surface area (TPSA) is 82.5 Å². The maximum absolute atomic E-state index is 11.2. The summed E-state index contributed by atoms with van der Waals surface area (Å²) in [6.45, 7) is 8.65. The van der Waals surface area contributed by atoms with Gasteiger partial charge in [-0.15, -0.1) is 11.3 Å². The molecule has 0 aliphatic carbocycles. The van der Waals surface area contributed by atoms with Crippen molar-refractivity contribution in [2.45, 2.75) is 40.2 Å². The highest BCUT2D eigenvalue weighted by Crippen LogP contribution is 2.28. The molecule has 0 bridgehead atoms. The Morgan fingerprint density at radius 2 is 2.00 bits per heavy atom. The number of carboxylic acids is 1. The fourth-order valence-electron chi connectivity index (χ4n) is 3.12. The number of hydrogen-bond acceptors (Lipinski definition) is 5. The minimum Gasteiger partial charge on any atom is -0.481 e. The number of nitrogens with one attached hydrogen (secondary N) is 1. The van der Waals surface area contributed by atoms with Crippen LogP contribution in [-0.4, -0.2) is 40.0 Å².